The van der Waals surface area contributed by atoms with E-state index in [9.17, 15) is 9.59 Å². The van der Waals surface area contributed by atoms with E-state index in [2.05, 4.69) is 20.6 Å². The van der Waals surface area contributed by atoms with Crippen LogP contribution in [0.4, 0.5) is 5.69 Å². The molecule has 0 saturated carbocycles. The zero-order chi connectivity index (χ0) is 20.9. The zero-order valence-electron chi connectivity index (χ0n) is 16.3. The van der Waals surface area contributed by atoms with Gasteiger partial charge in [-0.05, 0) is 42.5 Å². The minimum Gasteiger partial charge on any atom is -0.497 e. The number of ether oxygens (including phenoxy) is 1. The van der Waals surface area contributed by atoms with Crippen molar-refractivity contribution in [3.05, 3.63) is 78.4 Å². The SMILES string of the molecule is COc1cccc(C(=O)NCC(=O)Nc2ccccc2-c2nc3ccccc3[nH]2)c1. The first-order valence-electron chi connectivity index (χ1n) is 9.40. The van der Waals surface area contributed by atoms with Gasteiger partial charge in [0.15, 0.2) is 0 Å². The van der Waals surface area contributed by atoms with Gasteiger partial charge in [0.25, 0.3) is 5.91 Å². The molecular formula is C23H20N4O3. The summed E-state index contributed by atoms with van der Waals surface area (Å²) in [7, 11) is 1.53. The third-order valence-electron chi connectivity index (χ3n) is 4.59. The number of aromatic amines is 1. The summed E-state index contributed by atoms with van der Waals surface area (Å²) in [5.74, 6) is 0.545. The van der Waals surface area contributed by atoms with Crippen LogP contribution >= 0.6 is 0 Å². The number of amides is 2. The number of para-hydroxylation sites is 3. The van der Waals surface area contributed by atoms with E-state index in [1.54, 1.807) is 30.3 Å². The van der Waals surface area contributed by atoms with E-state index >= 15 is 0 Å². The van der Waals surface area contributed by atoms with Crippen LogP contribution in [0.25, 0.3) is 22.4 Å². The minimum atomic E-state index is -0.352. The molecule has 0 spiro atoms. The van der Waals surface area contributed by atoms with Gasteiger partial charge in [-0.15, -0.1) is 0 Å². The van der Waals surface area contributed by atoms with E-state index in [4.69, 9.17) is 4.74 Å². The number of methoxy groups -OCH3 is 1. The van der Waals surface area contributed by atoms with Crippen LogP contribution in [0.1, 0.15) is 10.4 Å². The second-order valence-corrected chi connectivity index (χ2v) is 6.61. The second kappa shape index (κ2) is 8.48. The summed E-state index contributed by atoms with van der Waals surface area (Å²) in [6.45, 7) is -0.162. The predicted octanol–water partition coefficient (Wildman–Crippen LogP) is 3.61. The van der Waals surface area contributed by atoms with E-state index in [1.807, 2.05) is 42.5 Å². The van der Waals surface area contributed by atoms with Crippen molar-refractivity contribution >= 4 is 28.5 Å². The molecule has 2 amide bonds. The Morgan fingerprint density at radius 3 is 2.63 bits per heavy atom. The number of carbonyl (C=O) groups excluding carboxylic acids is 2. The first-order valence-corrected chi connectivity index (χ1v) is 9.40. The Hall–Kier alpha value is -4.13. The lowest BCUT2D eigenvalue weighted by Gasteiger charge is -2.10. The number of aromatic nitrogens is 2. The quantitative estimate of drug-likeness (QED) is 0.461. The third-order valence-corrected chi connectivity index (χ3v) is 4.59. The summed E-state index contributed by atoms with van der Waals surface area (Å²) in [6.07, 6.45) is 0. The molecule has 3 aromatic carbocycles. The van der Waals surface area contributed by atoms with Gasteiger partial charge in [-0.2, -0.15) is 0 Å². The number of nitrogens with zero attached hydrogens (tertiary/aromatic N) is 1. The van der Waals surface area contributed by atoms with Crippen LogP contribution in [-0.2, 0) is 4.79 Å². The summed E-state index contributed by atoms with van der Waals surface area (Å²) in [5.41, 5.74) is 3.56. The van der Waals surface area contributed by atoms with Crippen molar-refractivity contribution in [3.8, 4) is 17.1 Å². The molecule has 0 aliphatic rings. The Labute approximate surface area is 173 Å². The monoisotopic (exact) mass is 400 g/mol. The molecule has 30 heavy (non-hydrogen) atoms. The van der Waals surface area contributed by atoms with Crippen molar-refractivity contribution in [3.63, 3.8) is 0 Å². The largest absolute Gasteiger partial charge is 0.497 e. The highest BCUT2D eigenvalue weighted by molar-refractivity contribution is 6.01. The maximum absolute atomic E-state index is 12.4. The normalized spacial score (nSPS) is 10.6. The summed E-state index contributed by atoms with van der Waals surface area (Å²) in [5, 5.41) is 5.47. The first kappa shape index (κ1) is 19.2. The van der Waals surface area contributed by atoms with Crippen LogP contribution in [0.2, 0.25) is 0 Å². The molecule has 4 rings (SSSR count). The number of imidazole rings is 1. The molecule has 0 aliphatic carbocycles. The van der Waals surface area contributed by atoms with Crippen molar-refractivity contribution < 1.29 is 14.3 Å². The maximum Gasteiger partial charge on any atom is 0.251 e. The van der Waals surface area contributed by atoms with Crippen molar-refractivity contribution in [1.29, 1.82) is 0 Å². The minimum absolute atomic E-state index is 0.162. The lowest BCUT2D eigenvalue weighted by atomic mass is 10.1. The lowest BCUT2D eigenvalue weighted by Crippen LogP contribution is -2.32. The van der Waals surface area contributed by atoms with Crippen molar-refractivity contribution in [2.75, 3.05) is 19.0 Å². The number of benzene rings is 3. The molecule has 0 saturated heterocycles. The summed E-state index contributed by atoms with van der Waals surface area (Å²) >= 11 is 0. The fraction of sp³-hybridized carbons (Fsp3) is 0.0870. The summed E-state index contributed by atoms with van der Waals surface area (Å²) in [4.78, 5) is 32.6. The number of hydrogen-bond acceptors (Lipinski definition) is 4. The third kappa shape index (κ3) is 4.15. The van der Waals surface area contributed by atoms with Gasteiger partial charge in [0.1, 0.15) is 11.6 Å². The lowest BCUT2D eigenvalue weighted by molar-refractivity contribution is -0.115. The Balaban J connectivity index is 1.45. The number of H-pyrrole nitrogens is 1. The standard InChI is InChI=1S/C23H20N4O3/c1-30-16-8-6-7-15(13-16)23(29)24-14-21(28)25-18-10-3-2-9-17(18)22-26-19-11-4-5-12-20(19)27-22/h2-13H,14H2,1H3,(H,24,29)(H,25,28)(H,26,27). The zero-order valence-corrected chi connectivity index (χ0v) is 16.3. The molecule has 150 valence electrons. The van der Waals surface area contributed by atoms with Crippen molar-refractivity contribution in [1.82, 2.24) is 15.3 Å². The van der Waals surface area contributed by atoms with Gasteiger partial charge in [0.05, 0.1) is 30.4 Å². The molecule has 7 heteroatoms. The highest BCUT2D eigenvalue weighted by atomic mass is 16.5. The highest BCUT2D eigenvalue weighted by Crippen LogP contribution is 2.27. The van der Waals surface area contributed by atoms with Gasteiger partial charge in [-0.3, -0.25) is 9.59 Å². The van der Waals surface area contributed by atoms with Crippen LogP contribution < -0.4 is 15.4 Å². The number of carbonyl (C=O) groups is 2. The van der Waals surface area contributed by atoms with E-state index < -0.39 is 0 Å². The van der Waals surface area contributed by atoms with Crippen molar-refractivity contribution in [2.45, 2.75) is 0 Å². The van der Waals surface area contributed by atoms with Gasteiger partial charge >= 0.3 is 0 Å². The van der Waals surface area contributed by atoms with E-state index in [-0.39, 0.29) is 18.4 Å². The average molecular weight is 400 g/mol. The molecule has 0 bridgehead atoms. The van der Waals surface area contributed by atoms with Gasteiger partial charge in [0.2, 0.25) is 5.91 Å². The predicted molar refractivity (Wildman–Crippen MR) is 115 cm³/mol. The molecule has 0 aliphatic heterocycles. The molecule has 1 heterocycles. The number of rotatable bonds is 6. The molecule has 0 fully saturated rings. The molecule has 1 aromatic heterocycles. The fourth-order valence-corrected chi connectivity index (χ4v) is 3.10. The Bertz CT molecular complexity index is 1180. The van der Waals surface area contributed by atoms with Crippen LogP contribution in [0.15, 0.2) is 72.8 Å². The Kier molecular flexibility index (Phi) is 5.43. The van der Waals surface area contributed by atoms with Crippen molar-refractivity contribution in [2.24, 2.45) is 0 Å². The maximum atomic E-state index is 12.4. The Morgan fingerprint density at radius 2 is 1.80 bits per heavy atom. The van der Waals surface area contributed by atoms with E-state index in [0.29, 0.717) is 22.8 Å². The van der Waals surface area contributed by atoms with Crippen LogP contribution in [0, 0.1) is 0 Å². The second-order valence-electron chi connectivity index (χ2n) is 6.61. The highest BCUT2D eigenvalue weighted by Gasteiger charge is 2.13. The molecule has 3 N–H and O–H groups in total. The summed E-state index contributed by atoms with van der Waals surface area (Å²) in [6, 6.07) is 21.8. The van der Waals surface area contributed by atoms with Crippen LogP contribution in [-0.4, -0.2) is 35.4 Å². The summed E-state index contributed by atoms with van der Waals surface area (Å²) < 4.78 is 5.12. The number of anilines is 1. The van der Waals surface area contributed by atoms with Gasteiger partial charge in [-0.1, -0.05) is 30.3 Å². The molecule has 0 radical (unpaired) electrons. The average Bonchev–Trinajstić information content (AvgIpc) is 3.22. The van der Waals surface area contributed by atoms with E-state index in [1.165, 1.54) is 7.11 Å². The first-order chi connectivity index (χ1) is 14.6. The smallest absolute Gasteiger partial charge is 0.251 e. The van der Waals surface area contributed by atoms with Gasteiger partial charge in [-0.25, -0.2) is 4.98 Å². The molecule has 7 nitrogen and oxygen atoms in total. The fourth-order valence-electron chi connectivity index (χ4n) is 3.10. The van der Waals surface area contributed by atoms with E-state index in [0.717, 1.165) is 16.6 Å². The molecule has 4 aromatic rings. The number of nitrogens with one attached hydrogen (secondary N) is 3. The van der Waals surface area contributed by atoms with Gasteiger partial charge in [0, 0.05) is 11.1 Å². The van der Waals surface area contributed by atoms with Gasteiger partial charge < -0.3 is 20.4 Å². The Morgan fingerprint density at radius 1 is 1.00 bits per heavy atom. The van der Waals surface area contributed by atoms with Crippen LogP contribution in [0.5, 0.6) is 5.75 Å². The van der Waals surface area contributed by atoms with Crippen LogP contribution in [0.3, 0.4) is 0 Å². The molecule has 0 atom stereocenters. The topological polar surface area (TPSA) is 96.1 Å². The molecular weight excluding hydrogens is 380 g/mol. The molecule has 0 unspecified atom stereocenters. The number of hydrogen-bond donors (Lipinski definition) is 3. The number of fused-ring (bicyclic) bond motifs is 1.